The smallest absolute Gasteiger partial charge is 0.0438 e. The zero-order chi connectivity index (χ0) is 14.7. The molecular weight excluding hydrogens is 280 g/mol. The molecule has 3 heteroatoms. The Balaban J connectivity index is 1.74. The molecule has 0 spiro atoms. The third kappa shape index (κ3) is 3.29. The molecule has 0 aliphatic heterocycles. The Kier molecular flexibility index (Phi) is 4.59. The van der Waals surface area contributed by atoms with Crippen LogP contribution in [0.2, 0.25) is 5.02 Å². The number of halogens is 1. The fraction of sp³-hybridized carbons (Fsp3) is 0.333. The van der Waals surface area contributed by atoms with Crippen molar-refractivity contribution in [2.45, 2.75) is 31.7 Å². The summed E-state index contributed by atoms with van der Waals surface area (Å²) < 4.78 is 0. The van der Waals surface area contributed by atoms with E-state index in [1.165, 1.54) is 23.1 Å². The van der Waals surface area contributed by atoms with Crippen molar-refractivity contribution in [1.82, 2.24) is 5.43 Å². The number of hydrogen-bond donors (Lipinski definition) is 2. The van der Waals surface area contributed by atoms with E-state index >= 15 is 0 Å². The number of benzene rings is 2. The number of nitrogens with two attached hydrogens (primary N) is 1. The second kappa shape index (κ2) is 6.61. The van der Waals surface area contributed by atoms with Gasteiger partial charge in [0.1, 0.15) is 0 Å². The zero-order valence-corrected chi connectivity index (χ0v) is 12.8. The van der Waals surface area contributed by atoms with Gasteiger partial charge >= 0.3 is 0 Å². The number of nitrogens with one attached hydrogen (secondary N) is 1. The molecule has 0 amide bonds. The molecule has 0 saturated heterocycles. The van der Waals surface area contributed by atoms with Gasteiger partial charge in [-0.1, -0.05) is 54.1 Å². The molecule has 0 bridgehead atoms. The second-order valence-electron chi connectivity index (χ2n) is 5.84. The van der Waals surface area contributed by atoms with E-state index in [1.54, 1.807) is 0 Å². The molecule has 2 unspecified atom stereocenters. The highest BCUT2D eigenvalue weighted by Crippen LogP contribution is 2.29. The van der Waals surface area contributed by atoms with Gasteiger partial charge in [-0.15, -0.1) is 0 Å². The lowest BCUT2D eigenvalue weighted by atomic mass is 9.78. The average Bonchev–Trinajstić information content (AvgIpc) is 2.54. The van der Waals surface area contributed by atoms with Crippen LogP contribution in [-0.2, 0) is 19.3 Å². The van der Waals surface area contributed by atoms with E-state index in [4.69, 9.17) is 17.4 Å². The molecule has 3 N–H and O–H groups in total. The Hall–Kier alpha value is -1.35. The van der Waals surface area contributed by atoms with Crippen LogP contribution in [-0.4, -0.2) is 6.04 Å². The van der Waals surface area contributed by atoms with Crippen LogP contribution in [0.5, 0.6) is 0 Å². The lowest BCUT2D eigenvalue weighted by Crippen LogP contribution is -2.44. The summed E-state index contributed by atoms with van der Waals surface area (Å²) in [5, 5.41) is 0.828. The van der Waals surface area contributed by atoms with Crippen LogP contribution in [0.3, 0.4) is 0 Å². The van der Waals surface area contributed by atoms with E-state index < -0.39 is 0 Å². The Labute approximate surface area is 131 Å². The van der Waals surface area contributed by atoms with E-state index in [1.807, 2.05) is 18.2 Å². The van der Waals surface area contributed by atoms with Gasteiger partial charge in [-0.05, 0) is 54.4 Å². The fourth-order valence-electron chi connectivity index (χ4n) is 3.33. The number of hydrazine groups is 1. The summed E-state index contributed by atoms with van der Waals surface area (Å²) in [6, 6.07) is 17.0. The van der Waals surface area contributed by atoms with Crippen LogP contribution >= 0.6 is 11.6 Å². The van der Waals surface area contributed by atoms with Gasteiger partial charge in [-0.25, -0.2) is 0 Å². The lowest BCUT2D eigenvalue weighted by molar-refractivity contribution is 0.321. The number of fused-ring (bicyclic) bond motifs is 1. The van der Waals surface area contributed by atoms with Gasteiger partial charge in [-0.2, -0.15) is 0 Å². The van der Waals surface area contributed by atoms with Gasteiger partial charge in [0, 0.05) is 11.1 Å². The molecule has 2 aromatic carbocycles. The molecule has 0 fully saturated rings. The third-order valence-corrected chi connectivity index (χ3v) is 4.93. The highest BCUT2D eigenvalue weighted by Gasteiger charge is 2.26. The normalized spacial score (nSPS) is 19.0. The summed E-state index contributed by atoms with van der Waals surface area (Å²) in [7, 11) is 0. The van der Waals surface area contributed by atoms with Crippen LogP contribution < -0.4 is 11.3 Å². The number of aryl methyl sites for hydroxylation is 1. The van der Waals surface area contributed by atoms with Crippen molar-refractivity contribution in [3.8, 4) is 0 Å². The largest absolute Gasteiger partial charge is 0.271 e. The van der Waals surface area contributed by atoms with Crippen molar-refractivity contribution in [3.63, 3.8) is 0 Å². The van der Waals surface area contributed by atoms with Crippen molar-refractivity contribution in [2.75, 3.05) is 0 Å². The molecule has 3 rings (SSSR count). The fourth-order valence-corrected chi connectivity index (χ4v) is 3.54. The van der Waals surface area contributed by atoms with Crippen LogP contribution in [0.1, 0.15) is 23.1 Å². The van der Waals surface area contributed by atoms with E-state index in [0.717, 1.165) is 24.3 Å². The molecule has 110 valence electrons. The number of rotatable bonds is 4. The maximum atomic E-state index is 6.28. The predicted molar refractivity (Wildman–Crippen MR) is 88.2 cm³/mol. The van der Waals surface area contributed by atoms with E-state index in [2.05, 4.69) is 35.8 Å². The van der Waals surface area contributed by atoms with Crippen LogP contribution in [0.15, 0.2) is 48.5 Å². The summed E-state index contributed by atoms with van der Waals surface area (Å²) in [5.41, 5.74) is 7.14. The minimum absolute atomic E-state index is 0.262. The van der Waals surface area contributed by atoms with Crippen molar-refractivity contribution < 1.29 is 0 Å². The molecule has 1 aliphatic carbocycles. The maximum absolute atomic E-state index is 6.28. The molecule has 0 aromatic heterocycles. The minimum Gasteiger partial charge on any atom is -0.271 e. The Bertz CT molecular complexity index is 612. The van der Waals surface area contributed by atoms with Crippen molar-refractivity contribution in [1.29, 1.82) is 0 Å². The predicted octanol–water partition coefficient (Wildman–Crippen LogP) is 3.52. The first-order chi connectivity index (χ1) is 10.3. The summed E-state index contributed by atoms with van der Waals surface area (Å²) in [4.78, 5) is 0. The molecule has 1 aliphatic rings. The molecular formula is C18H21ClN2. The molecule has 0 radical (unpaired) electrons. The molecule has 2 nitrogen and oxygen atoms in total. The van der Waals surface area contributed by atoms with Gasteiger partial charge in [0.25, 0.3) is 0 Å². The minimum atomic E-state index is 0.262. The summed E-state index contributed by atoms with van der Waals surface area (Å²) in [5.74, 6) is 6.39. The molecule has 21 heavy (non-hydrogen) atoms. The van der Waals surface area contributed by atoms with Gasteiger partial charge in [0.05, 0.1) is 0 Å². The standard InChI is InChI=1S/C18H21ClN2/c19-17-8-4-3-7-15(17)12-18(21-20)16-10-9-13-5-1-2-6-14(13)11-16/h1-8,16,18,21H,9-12,20H2. The first kappa shape index (κ1) is 14.6. The summed E-state index contributed by atoms with van der Waals surface area (Å²) >= 11 is 6.28. The van der Waals surface area contributed by atoms with Crippen molar-refractivity contribution in [3.05, 3.63) is 70.2 Å². The molecule has 0 heterocycles. The van der Waals surface area contributed by atoms with Gasteiger partial charge < -0.3 is 0 Å². The highest BCUT2D eigenvalue weighted by molar-refractivity contribution is 6.31. The van der Waals surface area contributed by atoms with Gasteiger partial charge in [-0.3, -0.25) is 11.3 Å². The van der Waals surface area contributed by atoms with E-state index in [-0.39, 0.29) is 6.04 Å². The topological polar surface area (TPSA) is 38.0 Å². The first-order valence-corrected chi connectivity index (χ1v) is 7.92. The monoisotopic (exact) mass is 300 g/mol. The van der Waals surface area contributed by atoms with Gasteiger partial charge in [0.2, 0.25) is 0 Å². The van der Waals surface area contributed by atoms with Crippen LogP contribution in [0, 0.1) is 5.92 Å². The first-order valence-electron chi connectivity index (χ1n) is 7.54. The maximum Gasteiger partial charge on any atom is 0.0438 e. The Morgan fingerprint density at radius 3 is 2.57 bits per heavy atom. The lowest BCUT2D eigenvalue weighted by Gasteiger charge is -2.31. The summed E-state index contributed by atoms with van der Waals surface area (Å²) in [6.45, 7) is 0. The third-order valence-electron chi connectivity index (χ3n) is 4.57. The highest BCUT2D eigenvalue weighted by atomic mass is 35.5. The Morgan fingerprint density at radius 1 is 1.10 bits per heavy atom. The van der Waals surface area contributed by atoms with Crippen LogP contribution in [0.25, 0.3) is 0 Å². The quantitative estimate of drug-likeness (QED) is 0.670. The SMILES string of the molecule is NNC(Cc1ccccc1Cl)C1CCc2ccccc2C1. The van der Waals surface area contributed by atoms with Crippen molar-refractivity contribution in [2.24, 2.45) is 11.8 Å². The summed E-state index contributed by atoms with van der Waals surface area (Å²) in [6.07, 6.45) is 4.29. The van der Waals surface area contributed by atoms with Gasteiger partial charge in [0.15, 0.2) is 0 Å². The Morgan fingerprint density at radius 2 is 1.81 bits per heavy atom. The molecule has 2 aromatic rings. The second-order valence-corrected chi connectivity index (χ2v) is 6.25. The van der Waals surface area contributed by atoms with E-state index in [0.29, 0.717) is 5.92 Å². The van der Waals surface area contributed by atoms with E-state index in [9.17, 15) is 0 Å². The number of hydrogen-bond acceptors (Lipinski definition) is 2. The average molecular weight is 301 g/mol. The van der Waals surface area contributed by atoms with Crippen molar-refractivity contribution >= 4 is 11.6 Å². The molecule has 0 saturated carbocycles. The molecule has 2 atom stereocenters. The van der Waals surface area contributed by atoms with Crippen LogP contribution in [0.4, 0.5) is 0 Å². The zero-order valence-electron chi connectivity index (χ0n) is 12.1.